The van der Waals surface area contributed by atoms with Crippen LogP contribution < -0.4 is 4.74 Å². The largest absolute Gasteiger partial charge is 0.486 e. The summed E-state index contributed by atoms with van der Waals surface area (Å²) in [6, 6.07) is 3.66. The van der Waals surface area contributed by atoms with Crippen LogP contribution >= 0.6 is 0 Å². The molecule has 0 spiro atoms. The molecule has 0 aliphatic carbocycles. The van der Waals surface area contributed by atoms with Crippen molar-refractivity contribution in [3.8, 4) is 5.75 Å². The minimum absolute atomic E-state index is 0.0515. The molecule has 96 valence electrons. The Labute approximate surface area is 104 Å². The zero-order valence-corrected chi connectivity index (χ0v) is 10.2. The van der Waals surface area contributed by atoms with Crippen LogP contribution in [0.5, 0.6) is 5.75 Å². The Morgan fingerprint density at radius 2 is 2.11 bits per heavy atom. The monoisotopic (exact) mass is 252 g/mol. The van der Waals surface area contributed by atoms with Crippen molar-refractivity contribution in [3.63, 3.8) is 0 Å². The molecule has 0 unspecified atom stereocenters. The first-order valence-electron chi connectivity index (χ1n) is 5.67. The van der Waals surface area contributed by atoms with E-state index in [1.165, 1.54) is 12.1 Å². The lowest BCUT2D eigenvalue weighted by Gasteiger charge is -2.05. The lowest BCUT2D eigenvalue weighted by molar-refractivity contribution is 0.298. The Kier molecular flexibility index (Phi) is 3.60. The maximum Gasteiger partial charge on any atom is 0.157 e. The van der Waals surface area contributed by atoms with Gasteiger partial charge in [-0.15, -0.1) is 0 Å². The number of aromatic nitrogens is 2. The van der Waals surface area contributed by atoms with Crippen molar-refractivity contribution in [1.29, 1.82) is 0 Å². The molecule has 0 N–H and O–H groups in total. The Morgan fingerprint density at radius 3 is 2.72 bits per heavy atom. The second-order valence-electron chi connectivity index (χ2n) is 4.27. The van der Waals surface area contributed by atoms with Crippen LogP contribution in [0.2, 0.25) is 0 Å². The van der Waals surface area contributed by atoms with Gasteiger partial charge in [0.25, 0.3) is 0 Å². The van der Waals surface area contributed by atoms with Gasteiger partial charge in [0, 0.05) is 17.7 Å². The van der Waals surface area contributed by atoms with Crippen molar-refractivity contribution >= 4 is 0 Å². The van der Waals surface area contributed by atoms with E-state index in [4.69, 9.17) is 4.74 Å². The van der Waals surface area contributed by atoms with Gasteiger partial charge in [0.15, 0.2) is 5.75 Å². The Balaban J connectivity index is 2.02. The molecule has 0 bridgehead atoms. The van der Waals surface area contributed by atoms with E-state index in [2.05, 4.69) is 5.10 Å². The summed E-state index contributed by atoms with van der Waals surface area (Å²) in [7, 11) is 0. The lowest BCUT2D eigenvalue weighted by atomic mass is 10.2. The topological polar surface area (TPSA) is 27.1 Å². The van der Waals surface area contributed by atoms with Crippen molar-refractivity contribution in [3.05, 3.63) is 47.8 Å². The number of benzene rings is 1. The molecule has 1 heterocycles. The third kappa shape index (κ3) is 2.85. The third-order valence-corrected chi connectivity index (χ3v) is 2.52. The van der Waals surface area contributed by atoms with Crippen LogP contribution in [-0.2, 0) is 6.61 Å². The van der Waals surface area contributed by atoms with Gasteiger partial charge in [-0.25, -0.2) is 8.78 Å². The molecule has 2 rings (SSSR count). The highest BCUT2D eigenvalue weighted by atomic mass is 19.1. The molecule has 0 aliphatic heterocycles. The SMILES string of the molecule is CC(C)n1cc(OCc2ccc(F)cc2F)cn1. The fourth-order valence-corrected chi connectivity index (χ4v) is 1.48. The van der Waals surface area contributed by atoms with Crippen LogP contribution in [0.15, 0.2) is 30.6 Å². The normalized spacial score (nSPS) is 10.9. The van der Waals surface area contributed by atoms with Crippen LogP contribution in [-0.4, -0.2) is 9.78 Å². The summed E-state index contributed by atoms with van der Waals surface area (Å²) >= 11 is 0. The lowest BCUT2D eigenvalue weighted by Crippen LogP contribution is -2.00. The van der Waals surface area contributed by atoms with Gasteiger partial charge in [0.05, 0.1) is 12.4 Å². The fraction of sp³-hybridized carbons (Fsp3) is 0.308. The highest BCUT2D eigenvalue weighted by molar-refractivity contribution is 5.19. The van der Waals surface area contributed by atoms with Gasteiger partial charge in [-0.05, 0) is 26.0 Å². The molecule has 0 saturated carbocycles. The maximum atomic E-state index is 13.3. The zero-order chi connectivity index (χ0) is 13.1. The summed E-state index contributed by atoms with van der Waals surface area (Å²) in [6.07, 6.45) is 3.31. The molecular formula is C13H14F2N2O. The molecule has 0 radical (unpaired) electrons. The van der Waals surface area contributed by atoms with Crippen LogP contribution in [0.25, 0.3) is 0 Å². The van der Waals surface area contributed by atoms with Gasteiger partial charge in [-0.1, -0.05) is 0 Å². The van der Waals surface area contributed by atoms with E-state index in [-0.39, 0.29) is 12.6 Å². The summed E-state index contributed by atoms with van der Waals surface area (Å²) in [5.41, 5.74) is 0.314. The second-order valence-corrected chi connectivity index (χ2v) is 4.27. The van der Waals surface area contributed by atoms with E-state index in [9.17, 15) is 8.78 Å². The summed E-state index contributed by atoms with van der Waals surface area (Å²) in [4.78, 5) is 0. The van der Waals surface area contributed by atoms with Gasteiger partial charge in [-0.3, -0.25) is 4.68 Å². The number of rotatable bonds is 4. The van der Waals surface area contributed by atoms with Gasteiger partial charge in [0.2, 0.25) is 0 Å². The molecule has 5 heteroatoms. The molecular weight excluding hydrogens is 238 g/mol. The number of nitrogens with zero attached hydrogens (tertiary/aromatic N) is 2. The number of halogens is 2. The minimum Gasteiger partial charge on any atom is -0.486 e. The van der Waals surface area contributed by atoms with E-state index in [0.717, 1.165) is 6.07 Å². The zero-order valence-electron chi connectivity index (χ0n) is 10.2. The molecule has 18 heavy (non-hydrogen) atoms. The van der Waals surface area contributed by atoms with E-state index in [1.54, 1.807) is 17.1 Å². The first-order chi connectivity index (χ1) is 8.56. The maximum absolute atomic E-state index is 13.3. The Morgan fingerprint density at radius 1 is 1.33 bits per heavy atom. The highest BCUT2D eigenvalue weighted by Crippen LogP contribution is 2.16. The molecule has 0 aliphatic rings. The molecule has 1 aromatic heterocycles. The van der Waals surface area contributed by atoms with Crippen molar-refractivity contribution in [2.24, 2.45) is 0 Å². The first-order valence-corrected chi connectivity index (χ1v) is 5.67. The molecule has 1 aromatic carbocycles. The van der Waals surface area contributed by atoms with Gasteiger partial charge >= 0.3 is 0 Å². The van der Waals surface area contributed by atoms with Crippen LogP contribution in [0.3, 0.4) is 0 Å². The third-order valence-electron chi connectivity index (χ3n) is 2.52. The van der Waals surface area contributed by atoms with Crippen molar-refractivity contribution in [1.82, 2.24) is 9.78 Å². The molecule has 3 nitrogen and oxygen atoms in total. The summed E-state index contributed by atoms with van der Waals surface area (Å²) in [5, 5.41) is 4.10. The Hall–Kier alpha value is -1.91. The van der Waals surface area contributed by atoms with E-state index < -0.39 is 11.6 Å². The van der Waals surface area contributed by atoms with Gasteiger partial charge < -0.3 is 4.74 Å². The number of ether oxygens (including phenoxy) is 1. The smallest absolute Gasteiger partial charge is 0.157 e. The van der Waals surface area contributed by atoms with E-state index in [1.807, 2.05) is 13.8 Å². The molecule has 0 atom stereocenters. The average Bonchev–Trinajstić information content (AvgIpc) is 2.76. The van der Waals surface area contributed by atoms with Crippen LogP contribution in [0.1, 0.15) is 25.5 Å². The molecule has 0 fully saturated rings. The van der Waals surface area contributed by atoms with E-state index in [0.29, 0.717) is 11.3 Å². The predicted octanol–water partition coefficient (Wildman–Crippen LogP) is 3.32. The van der Waals surface area contributed by atoms with Gasteiger partial charge in [-0.2, -0.15) is 5.10 Å². The fourth-order valence-electron chi connectivity index (χ4n) is 1.48. The van der Waals surface area contributed by atoms with Crippen molar-refractivity contribution in [2.45, 2.75) is 26.5 Å². The van der Waals surface area contributed by atoms with E-state index >= 15 is 0 Å². The van der Waals surface area contributed by atoms with Crippen molar-refractivity contribution in [2.75, 3.05) is 0 Å². The summed E-state index contributed by atoms with van der Waals surface area (Å²) in [5.74, 6) is -0.637. The number of hydrogen-bond donors (Lipinski definition) is 0. The Bertz CT molecular complexity index is 538. The standard InChI is InChI=1S/C13H14F2N2O/c1-9(2)17-7-12(6-16-17)18-8-10-3-4-11(14)5-13(10)15/h3-7,9H,8H2,1-2H3. The second kappa shape index (κ2) is 5.16. The summed E-state index contributed by atoms with van der Waals surface area (Å²) in [6.45, 7) is 4.04. The molecule has 0 amide bonds. The first kappa shape index (κ1) is 12.5. The highest BCUT2D eigenvalue weighted by Gasteiger charge is 2.06. The average molecular weight is 252 g/mol. The molecule has 2 aromatic rings. The van der Waals surface area contributed by atoms with Crippen molar-refractivity contribution < 1.29 is 13.5 Å². The summed E-state index contributed by atoms with van der Waals surface area (Å²) < 4.78 is 33.2. The minimum atomic E-state index is -0.605. The van der Waals surface area contributed by atoms with Crippen LogP contribution in [0, 0.1) is 11.6 Å². The number of hydrogen-bond acceptors (Lipinski definition) is 2. The quantitative estimate of drug-likeness (QED) is 0.834. The predicted molar refractivity (Wildman–Crippen MR) is 63.3 cm³/mol. The van der Waals surface area contributed by atoms with Gasteiger partial charge in [0.1, 0.15) is 18.2 Å². The molecule has 0 saturated heterocycles. The van der Waals surface area contributed by atoms with Crippen LogP contribution in [0.4, 0.5) is 8.78 Å².